The number of hydrogen-bond donors (Lipinski definition) is 3. The minimum absolute atomic E-state index is 0.130. The SMILES string of the molecule is CC(NC(=O)Cc1cc(=O)[nH][nH]c1=O)c1nc2c(s1)CCCC2. The minimum atomic E-state index is -0.461. The Hall–Kier alpha value is -2.22. The molecule has 0 spiro atoms. The number of fused-ring (bicyclic) bond motifs is 1. The molecule has 1 aliphatic carbocycles. The lowest BCUT2D eigenvalue weighted by atomic mass is 10.0. The van der Waals surface area contributed by atoms with Crippen LogP contribution in [0.5, 0.6) is 0 Å². The van der Waals surface area contributed by atoms with Gasteiger partial charge in [0.05, 0.1) is 18.2 Å². The van der Waals surface area contributed by atoms with Crippen LogP contribution >= 0.6 is 11.3 Å². The van der Waals surface area contributed by atoms with Crippen molar-refractivity contribution in [2.45, 2.75) is 45.1 Å². The standard InChI is InChI=1S/C15H18N4O3S/c1-8(15-17-10-4-2-3-5-11(10)23-15)16-12(20)6-9-7-13(21)18-19-14(9)22/h7-8H,2-6H2,1H3,(H,16,20)(H,18,21)(H,19,22). The highest BCUT2D eigenvalue weighted by Crippen LogP contribution is 2.29. The number of nitrogens with one attached hydrogen (secondary N) is 3. The molecular formula is C15H18N4O3S. The Morgan fingerprint density at radius 2 is 2.13 bits per heavy atom. The summed E-state index contributed by atoms with van der Waals surface area (Å²) in [5, 5.41) is 8.12. The van der Waals surface area contributed by atoms with E-state index in [9.17, 15) is 14.4 Å². The average Bonchev–Trinajstić information content (AvgIpc) is 2.95. The Kier molecular flexibility index (Phi) is 4.42. The number of aromatic amines is 2. The lowest BCUT2D eigenvalue weighted by Gasteiger charge is -2.10. The summed E-state index contributed by atoms with van der Waals surface area (Å²) in [5.41, 5.74) is 0.408. The highest BCUT2D eigenvalue weighted by atomic mass is 32.1. The predicted octanol–water partition coefficient (Wildman–Crippen LogP) is 0.818. The molecule has 0 radical (unpaired) electrons. The second kappa shape index (κ2) is 6.49. The van der Waals surface area contributed by atoms with Gasteiger partial charge in [-0.25, -0.2) is 4.98 Å². The van der Waals surface area contributed by atoms with Crippen LogP contribution in [0.4, 0.5) is 0 Å². The second-order valence-corrected chi connectivity index (χ2v) is 6.82. The fourth-order valence-corrected chi connectivity index (χ4v) is 3.83. The third-order valence-electron chi connectivity index (χ3n) is 3.86. The molecule has 0 bridgehead atoms. The molecule has 1 atom stereocenters. The zero-order valence-corrected chi connectivity index (χ0v) is 13.6. The van der Waals surface area contributed by atoms with Gasteiger partial charge in [0.15, 0.2) is 0 Å². The minimum Gasteiger partial charge on any atom is -0.347 e. The molecule has 2 aromatic rings. The molecular weight excluding hydrogens is 316 g/mol. The maximum Gasteiger partial charge on any atom is 0.266 e. The predicted molar refractivity (Wildman–Crippen MR) is 86.7 cm³/mol. The summed E-state index contributed by atoms with van der Waals surface area (Å²) in [7, 11) is 0. The van der Waals surface area contributed by atoms with Crippen LogP contribution in [0, 0.1) is 0 Å². The number of rotatable bonds is 4. The van der Waals surface area contributed by atoms with Gasteiger partial charge in [-0.1, -0.05) is 0 Å². The molecule has 0 saturated heterocycles. The molecule has 0 fully saturated rings. The van der Waals surface area contributed by atoms with Crippen LogP contribution in [-0.2, 0) is 24.1 Å². The molecule has 0 saturated carbocycles. The quantitative estimate of drug-likeness (QED) is 0.769. The number of hydrogen-bond acceptors (Lipinski definition) is 5. The van der Waals surface area contributed by atoms with Gasteiger partial charge in [0, 0.05) is 16.5 Å². The topological polar surface area (TPSA) is 108 Å². The molecule has 8 heteroatoms. The number of amides is 1. The summed E-state index contributed by atoms with van der Waals surface area (Å²) in [6.07, 6.45) is 4.31. The van der Waals surface area contributed by atoms with Gasteiger partial charge in [0.1, 0.15) is 5.01 Å². The molecule has 0 aromatic carbocycles. The molecule has 3 N–H and O–H groups in total. The smallest absolute Gasteiger partial charge is 0.266 e. The van der Waals surface area contributed by atoms with Crippen LogP contribution in [0.25, 0.3) is 0 Å². The summed E-state index contributed by atoms with van der Waals surface area (Å²) < 4.78 is 0. The van der Waals surface area contributed by atoms with Gasteiger partial charge < -0.3 is 5.32 Å². The molecule has 122 valence electrons. The number of thiazole rings is 1. The number of nitrogens with zero attached hydrogens (tertiary/aromatic N) is 1. The van der Waals surface area contributed by atoms with Gasteiger partial charge in [0.25, 0.3) is 11.1 Å². The molecule has 0 aliphatic heterocycles. The number of aryl methyl sites for hydroxylation is 2. The lowest BCUT2D eigenvalue weighted by molar-refractivity contribution is -0.121. The van der Waals surface area contributed by atoms with E-state index in [0.717, 1.165) is 29.6 Å². The van der Waals surface area contributed by atoms with Crippen molar-refractivity contribution in [3.63, 3.8) is 0 Å². The van der Waals surface area contributed by atoms with E-state index in [1.807, 2.05) is 6.92 Å². The van der Waals surface area contributed by atoms with Crippen molar-refractivity contribution in [3.05, 3.63) is 47.9 Å². The highest BCUT2D eigenvalue weighted by Gasteiger charge is 2.20. The first kappa shape index (κ1) is 15.7. The third-order valence-corrected chi connectivity index (χ3v) is 5.20. The number of H-pyrrole nitrogens is 2. The zero-order chi connectivity index (χ0) is 16.4. The van der Waals surface area contributed by atoms with E-state index < -0.39 is 11.1 Å². The van der Waals surface area contributed by atoms with Crippen LogP contribution in [-0.4, -0.2) is 21.1 Å². The van der Waals surface area contributed by atoms with Crippen molar-refractivity contribution in [3.8, 4) is 0 Å². The second-order valence-electron chi connectivity index (χ2n) is 5.71. The zero-order valence-electron chi connectivity index (χ0n) is 12.8. The Bertz CT molecular complexity index is 812. The van der Waals surface area contributed by atoms with E-state index in [1.165, 1.54) is 17.7 Å². The van der Waals surface area contributed by atoms with Crippen molar-refractivity contribution in [1.29, 1.82) is 0 Å². The normalized spacial score (nSPS) is 15.0. The Morgan fingerprint density at radius 1 is 1.35 bits per heavy atom. The maximum atomic E-state index is 12.1. The molecule has 1 unspecified atom stereocenters. The molecule has 3 rings (SSSR count). The Balaban J connectivity index is 1.67. The average molecular weight is 334 g/mol. The van der Waals surface area contributed by atoms with Crippen molar-refractivity contribution < 1.29 is 4.79 Å². The van der Waals surface area contributed by atoms with Gasteiger partial charge in [-0.15, -0.1) is 11.3 Å². The summed E-state index contributed by atoms with van der Waals surface area (Å²) in [4.78, 5) is 40.8. The van der Waals surface area contributed by atoms with E-state index in [1.54, 1.807) is 11.3 Å². The largest absolute Gasteiger partial charge is 0.347 e. The van der Waals surface area contributed by atoms with Gasteiger partial charge in [-0.2, -0.15) is 0 Å². The summed E-state index contributed by atoms with van der Waals surface area (Å²) in [5.74, 6) is -0.304. The first-order valence-electron chi connectivity index (χ1n) is 7.61. The number of aromatic nitrogens is 3. The van der Waals surface area contributed by atoms with Crippen molar-refractivity contribution in [2.24, 2.45) is 0 Å². The van der Waals surface area contributed by atoms with Crippen LogP contribution < -0.4 is 16.4 Å². The Labute approximate surface area is 136 Å². The molecule has 1 aliphatic rings. The number of carbonyl (C=O) groups is 1. The molecule has 1 amide bonds. The van der Waals surface area contributed by atoms with Crippen LogP contribution in [0.1, 0.15) is 46.9 Å². The fraction of sp³-hybridized carbons (Fsp3) is 0.467. The maximum absolute atomic E-state index is 12.1. The molecule has 2 aromatic heterocycles. The van der Waals surface area contributed by atoms with Gasteiger partial charge >= 0.3 is 0 Å². The molecule has 2 heterocycles. The van der Waals surface area contributed by atoms with Crippen LogP contribution in [0.15, 0.2) is 15.7 Å². The number of carbonyl (C=O) groups excluding carboxylic acids is 1. The summed E-state index contributed by atoms with van der Waals surface area (Å²) in [6.45, 7) is 1.88. The van der Waals surface area contributed by atoms with E-state index in [0.29, 0.717) is 0 Å². The first-order valence-corrected chi connectivity index (χ1v) is 8.43. The Morgan fingerprint density at radius 3 is 2.91 bits per heavy atom. The van der Waals surface area contributed by atoms with Gasteiger partial charge in [-0.3, -0.25) is 24.6 Å². The van der Waals surface area contributed by atoms with Gasteiger partial charge in [0.2, 0.25) is 5.91 Å². The van der Waals surface area contributed by atoms with E-state index in [4.69, 9.17) is 0 Å². The van der Waals surface area contributed by atoms with Crippen molar-refractivity contribution in [1.82, 2.24) is 20.5 Å². The van der Waals surface area contributed by atoms with Crippen molar-refractivity contribution >= 4 is 17.2 Å². The van der Waals surface area contributed by atoms with Crippen LogP contribution in [0.3, 0.4) is 0 Å². The van der Waals surface area contributed by atoms with Gasteiger partial charge in [-0.05, 0) is 32.6 Å². The fourth-order valence-electron chi connectivity index (χ4n) is 2.67. The van der Waals surface area contributed by atoms with E-state index >= 15 is 0 Å². The van der Waals surface area contributed by atoms with E-state index in [-0.39, 0.29) is 23.9 Å². The lowest BCUT2D eigenvalue weighted by Crippen LogP contribution is -2.31. The monoisotopic (exact) mass is 334 g/mol. The van der Waals surface area contributed by atoms with Crippen LogP contribution in [0.2, 0.25) is 0 Å². The van der Waals surface area contributed by atoms with E-state index in [2.05, 4.69) is 20.5 Å². The summed E-state index contributed by atoms with van der Waals surface area (Å²) >= 11 is 1.65. The first-order chi connectivity index (χ1) is 11.0. The van der Waals surface area contributed by atoms with Crippen molar-refractivity contribution in [2.75, 3.05) is 0 Å². The third kappa shape index (κ3) is 3.58. The molecule has 7 nitrogen and oxygen atoms in total. The summed E-state index contributed by atoms with van der Waals surface area (Å²) in [6, 6.07) is 0.935. The highest BCUT2D eigenvalue weighted by molar-refractivity contribution is 7.11. The molecule has 23 heavy (non-hydrogen) atoms.